The van der Waals surface area contributed by atoms with Gasteiger partial charge in [-0.15, -0.1) is 11.3 Å². The molecule has 0 aliphatic carbocycles. The SMILES string of the molecule is COCCN(Cc1ccco1)C(=O)CCC(=O)c1ccc(C)s1. The number of methoxy groups -OCH3 is 1. The lowest BCUT2D eigenvalue weighted by Gasteiger charge is -2.21. The predicted octanol–water partition coefficient (Wildman–Crippen LogP) is 3.29. The van der Waals surface area contributed by atoms with Gasteiger partial charge >= 0.3 is 0 Å². The molecule has 0 aliphatic heterocycles. The first-order chi connectivity index (χ1) is 11.1. The van der Waals surface area contributed by atoms with E-state index in [1.54, 1.807) is 24.3 Å². The Labute approximate surface area is 139 Å². The van der Waals surface area contributed by atoms with Crippen molar-refractivity contribution >= 4 is 23.0 Å². The first-order valence-electron chi connectivity index (χ1n) is 7.49. The molecule has 0 unspecified atom stereocenters. The van der Waals surface area contributed by atoms with Gasteiger partial charge in [0.1, 0.15) is 5.76 Å². The second-order valence-corrected chi connectivity index (χ2v) is 6.51. The number of rotatable bonds is 9. The summed E-state index contributed by atoms with van der Waals surface area (Å²) in [6, 6.07) is 7.35. The van der Waals surface area contributed by atoms with Gasteiger partial charge in [0.25, 0.3) is 0 Å². The van der Waals surface area contributed by atoms with E-state index in [1.165, 1.54) is 11.3 Å². The molecule has 6 heteroatoms. The van der Waals surface area contributed by atoms with Crippen LogP contribution in [-0.2, 0) is 16.1 Å². The maximum Gasteiger partial charge on any atom is 0.223 e. The number of hydrogen-bond donors (Lipinski definition) is 0. The Kier molecular flexibility index (Phi) is 6.55. The van der Waals surface area contributed by atoms with Crippen molar-refractivity contribution in [1.29, 1.82) is 0 Å². The maximum absolute atomic E-state index is 12.4. The number of thiophene rings is 1. The van der Waals surface area contributed by atoms with Crippen molar-refractivity contribution in [3.8, 4) is 0 Å². The molecule has 0 N–H and O–H groups in total. The van der Waals surface area contributed by atoms with Gasteiger partial charge in [-0.25, -0.2) is 0 Å². The molecule has 0 spiro atoms. The van der Waals surface area contributed by atoms with Crippen molar-refractivity contribution in [1.82, 2.24) is 4.90 Å². The van der Waals surface area contributed by atoms with E-state index in [2.05, 4.69) is 0 Å². The van der Waals surface area contributed by atoms with Crippen LogP contribution in [0.2, 0.25) is 0 Å². The topological polar surface area (TPSA) is 59.8 Å². The number of ketones is 1. The van der Waals surface area contributed by atoms with E-state index < -0.39 is 0 Å². The summed E-state index contributed by atoms with van der Waals surface area (Å²) in [5.74, 6) is 0.663. The molecule has 0 aromatic carbocycles. The summed E-state index contributed by atoms with van der Waals surface area (Å²) in [7, 11) is 1.60. The number of amides is 1. The third kappa shape index (κ3) is 5.33. The summed E-state index contributed by atoms with van der Waals surface area (Å²) in [6.07, 6.45) is 2.00. The molecule has 1 amide bonds. The van der Waals surface area contributed by atoms with E-state index in [1.807, 2.05) is 25.1 Å². The summed E-state index contributed by atoms with van der Waals surface area (Å²) in [6.45, 7) is 3.27. The first kappa shape index (κ1) is 17.4. The van der Waals surface area contributed by atoms with Gasteiger partial charge in [0.05, 0.1) is 24.3 Å². The van der Waals surface area contributed by atoms with E-state index in [-0.39, 0.29) is 24.5 Å². The number of carbonyl (C=O) groups excluding carboxylic acids is 2. The average molecular weight is 335 g/mol. The number of hydrogen-bond acceptors (Lipinski definition) is 5. The molecule has 5 nitrogen and oxygen atoms in total. The fourth-order valence-corrected chi connectivity index (χ4v) is 3.01. The van der Waals surface area contributed by atoms with Gasteiger partial charge in [0, 0.05) is 31.4 Å². The van der Waals surface area contributed by atoms with Gasteiger partial charge in [-0.3, -0.25) is 9.59 Å². The number of ether oxygens (including phenoxy) is 1. The Balaban J connectivity index is 1.90. The lowest BCUT2D eigenvalue weighted by molar-refractivity contribution is -0.132. The van der Waals surface area contributed by atoms with Crippen molar-refractivity contribution < 1.29 is 18.7 Å². The van der Waals surface area contributed by atoms with Crippen molar-refractivity contribution in [2.75, 3.05) is 20.3 Å². The molecule has 0 saturated heterocycles. The zero-order valence-corrected chi connectivity index (χ0v) is 14.2. The van der Waals surface area contributed by atoms with Crippen LogP contribution in [-0.4, -0.2) is 36.9 Å². The highest BCUT2D eigenvalue weighted by Crippen LogP contribution is 2.18. The van der Waals surface area contributed by atoms with Crippen LogP contribution in [0.3, 0.4) is 0 Å². The van der Waals surface area contributed by atoms with Crippen LogP contribution >= 0.6 is 11.3 Å². The summed E-state index contributed by atoms with van der Waals surface area (Å²) in [5, 5.41) is 0. The quantitative estimate of drug-likeness (QED) is 0.660. The van der Waals surface area contributed by atoms with Crippen LogP contribution in [0, 0.1) is 6.92 Å². The third-order valence-corrected chi connectivity index (χ3v) is 4.47. The minimum Gasteiger partial charge on any atom is -0.467 e. The van der Waals surface area contributed by atoms with Crippen molar-refractivity contribution in [3.63, 3.8) is 0 Å². The first-order valence-corrected chi connectivity index (χ1v) is 8.30. The van der Waals surface area contributed by atoms with Crippen LogP contribution in [0.25, 0.3) is 0 Å². The Morgan fingerprint density at radius 1 is 1.26 bits per heavy atom. The summed E-state index contributed by atoms with van der Waals surface area (Å²) in [5.41, 5.74) is 0. The molecule has 0 radical (unpaired) electrons. The molecular weight excluding hydrogens is 314 g/mol. The molecule has 23 heavy (non-hydrogen) atoms. The molecule has 2 heterocycles. The number of furan rings is 1. The highest BCUT2D eigenvalue weighted by Gasteiger charge is 2.17. The molecule has 0 saturated carbocycles. The number of carbonyl (C=O) groups is 2. The van der Waals surface area contributed by atoms with Crippen LogP contribution in [0.15, 0.2) is 34.9 Å². The second-order valence-electron chi connectivity index (χ2n) is 5.22. The Morgan fingerprint density at radius 3 is 2.70 bits per heavy atom. The lowest BCUT2D eigenvalue weighted by atomic mass is 10.1. The average Bonchev–Trinajstić information content (AvgIpc) is 3.20. The van der Waals surface area contributed by atoms with E-state index in [4.69, 9.17) is 9.15 Å². The molecule has 2 aromatic heterocycles. The summed E-state index contributed by atoms with van der Waals surface area (Å²) < 4.78 is 10.3. The largest absolute Gasteiger partial charge is 0.467 e. The zero-order valence-electron chi connectivity index (χ0n) is 13.4. The second kappa shape index (κ2) is 8.64. The monoisotopic (exact) mass is 335 g/mol. The van der Waals surface area contributed by atoms with Gasteiger partial charge < -0.3 is 14.1 Å². The third-order valence-electron chi connectivity index (χ3n) is 3.43. The highest BCUT2D eigenvalue weighted by molar-refractivity contribution is 7.14. The Hall–Kier alpha value is -1.92. The molecule has 2 rings (SSSR count). The van der Waals surface area contributed by atoms with Crippen LogP contribution in [0.4, 0.5) is 0 Å². The van der Waals surface area contributed by atoms with Crippen molar-refractivity contribution in [3.05, 3.63) is 46.0 Å². The lowest BCUT2D eigenvalue weighted by Crippen LogP contribution is -2.33. The van der Waals surface area contributed by atoms with Crippen LogP contribution in [0.1, 0.15) is 33.2 Å². The minimum absolute atomic E-state index is 0.0149. The van der Waals surface area contributed by atoms with E-state index in [9.17, 15) is 9.59 Å². The molecule has 124 valence electrons. The van der Waals surface area contributed by atoms with Crippen LogP contribution < -0.4 is 0 Å². The van der Waals surface area contributed by atoms with Crippen molar-refractivity contribution in [2.24, 2.45) is 0 Å². The highest BCUT2D eigenvalue weighted by atomic mass is 32.1. The van der Waals surface area contributed by atoms with E-state index in [0.29, 0.717) is 24.6 Å². The maximum atomic E-state index is 12.4. The zero-order chi connectivity index (χ0) is 16.7. The van der Waals surface area contributed by atoms with Gasteiger partial charge in [0.2, 0.25) is 5.91 Å². The molecular formula is C17H21NO4S. The van der Waals surface area contributed by atoms with Gasteiger partial charge in [0.15, 0.2) is 5.78 Å². The van der Waals surface area contributed by atoms with E-state index >= 15 is 0 Å². The summed E-state index contributed by atoms with van der Waals surface area (Å²) >= 11 is 1.46. The minimum atomic E-state index is -0.0694. The molecule has 0 bridgehead atoms. The normalized spacial score (nSPS) is 10.7. The number of nitrogens with zero attached hydrogens (tertiary/aromatic N) is 1. The molecule has 0 aliphatic rings. The standard InChI is InChI=1S/C17H21NO4S/c1-13-5-7-16(23-13)15(19)6-8-17(20)18(9-11-21-2)12-14-4-3-10-22-14/h3-5,7,10H,6,8-9,11-12H2,1-2H3. The predicted molar refractivity (Wildman–Crippen MR) is 88.6 cm³/mol. The van der Waals surface area contributed by atoms with E-state index in [0.717, 1.165) is 10.6 Å². The van der Waals surface area contributed by atoms with Crippen LogP contribution in [0.5, 0.6) is 0 Å². The Bertz CT molecular complexity index is 633. The Morgan fingerprint density at radius 2 is 2.09 bits per heavy atom. The van der Waals surface area contributed by atoms with Gasteiger partial charge in [-0.2, -0.15) is 0 Å². The smallest absolute Gasteiger partial charge is 0.223 e. The van der Waals surface area contributed by atoms with Crippen molar-refractivity contribution in [2.45, 2.75) is 26.3 Å². The van der Waals surface area contributed by atoms with Gasteiger partial charge in [-0.1, -0.05) is 0 Å². The summed E-state index contributed by atoms with van der Waals surface area (Å²) in [4.78, 5) is 28.0. The fraction of sp³-hybridized carbons (Fsp3) is 0.412. The fourth-order valence-electron chi connectivity index (χ4n) is 2.17. The number of aryl methyl sites for hydroxylation is 1. The molecule has 0 fully saturated rings. The molecule has 0 atom stereocenters. The number of Topliss-reactive ketones (excluding diaryl/α,β-unsaturated/α-hetero) is 1. The molecule has 2 aromatic rings. The van der Waals surface area contributed by atoms with Gasteiger partial charge in [-0.05, 0) is 31.2 Å².